The molecule has 0 fully saturated rings. The largest absolute Gasteiger partial charge is 0.324 e. The monoisotopic (exact) mass is 192 g/mol. The molecule has 6 heteroatoms. The summed E-state index contributed by atoms with van der Waals surface area (Å²) in [4.78, 5) is 4.03. The molecule has 0 unspecified atom stereocenters. The molecule has 0 aliphatic heterocycles. The van der Waals surface area contributed by atoms with Crippen molar-refractivity contribution in [1.29, 1.82) is 0 Å². The fourth-order valence-corrected chi connectivity index (χ4v) is 1.28. The smallest absolute Gasteiger partial charge is 0.141 e. The molecule has 0 aliphatic carbocycles. The van der Waals surface area contributed by atoms with Gasteiger partial charge in [-0.25, -0.2) is 9.67 Å². The minimum Gasteiger partial charge on any atom is -0.324 e. The van der Waals surface area contributed by atoms with Gasteiger partial charge in [0.1, 0.15) is 12.2 Å². The average Bonchev–Trinajstić information content (AvgIpc) is 2.76. The van der Waals surface area contributed by atoms with Crippen LogP contribution in [0.4, 0.5) is 0 Å². The highest BCUT2D eigenvalue weighted by Gasteiger charge is 2.04. The molecular weight excluding hydrogens is 180 g/mol. The van der Waals surface area contributed by atoms with Crippen LogP contribution < -0.4 is 5.73 Å². The molecule has 6 nitrogen and oxygen atoms in total. The van der Waals surface area contributed by atoms with Crippen LogP contribution in [0.3, 0.4) is 0 Å². The van der Waals surface area contributed by atoms with Crippen molar-refractivity contribution in [2.75, 3.05) is 0 Å². The van der Waals surface area contributed by atoms with E-state index >= 15 is 0 Å². The fraction of sp³-hybridized carbons (Fsp3) is 0.375. The van der Waals surface area contributed by atoms with Crippen molar-refractivity contribution in [3.8, 4) is 0 Å². The third kappa shape index (κ3) is 1.64. The van der Waals surface area contributed by atoms with Gasteiger partial charge >= 0.3 is 0 Å². The lowest BCUT2D eigenvalue weighted by Gasteiger charge is -2.00. The van der Waals surface area contributed by atoms with Crippen molar-refractivity contribution in [3.63, 3.8) is 0 Å². The van der Waals surface area contributed by atoms with Crippen molar-refractivity contribution < 1.29 is 0 Å². The van der Waals surface area contributed by atoms with E-state index in [-0.39, 0.29) is 0 Å². The predicted molar refractivity (Wildman–Crippen MR) is 50.2 cm³/mol. The molecule has 0 bridgehead atoms. The van der Waals surface area contributed by atoms with Crippen LogP contribution in [0.15, 0.2) is 18.6 Å². The van der Waals surface area contributed by atoms with Crippen LogP contribution in [0.2, 0.25) is 0 Å². The van der Waals surface area contributed by atoms with Gasteiger partial charge in [0.2, 0.25) is 0 Å². The SMILES string of the molecule is Cn1ccc(Cn2ncnc2CN)n1. The fourth-order valence-electron chi connectivity index (χ4n) is 1.28. The lowest BCUT2D eigenvalue weighted by atomic mass is 10.4. The van der Waals surface area contributed by atoms with Crippen LogP contribution in [-0.2, 0) is 20.1 Å². The zero-order chi connectivity index (χ0) is 9.97. The Morgan fingerprint density at radius 1 is 1.50 bits per heavy atom. The second-order valence-electron chi connectivity index (χ2n) is 3.02. The minimum atomic E-state index is 0.396. The highest BCUT2D eigenvalue weighted by Crippen LogP contribution is 2.00. The van der Waals surface area contributed by atoms with Crippen LogP contribution in [0.1, 0.15) is 11.5 Å². The third-order valence-corrected chi connectivity index (χ3v) is 1.96. The summed E-state index contributed by atoms with van der Waals surface area (Å²) in [6.45, 7) is 1.01. The van der Waals surface area contributed by atoms with E-state index in [4.69, 9.17) is 5.73 Å². The van der Waals surface area contributed by atoms with Gasteiger partial charge < -0.3 is 5.73 Å². The second-order valence-corrected chi connectivity index (χ2v) is 3.02. The average molecular weight is 192 g/mol. The topological polar surface area (TPSA) is 74.5 Å². The molecule has 2 N–H and O–H groups in total. The molecule has 2 aromatic heterocycles. The van der Waals surface area contributed by atoms with Gasteiger partial charge in [-0.15, -0.1) is 0 Å². The lowest BCUT2D eigenvalue weighted by molar-refractivity contribution is 0.615. The van der Waals surface area contributed by atoms with E-state index in [0.29, 0.717) is 13.1 Å². The second kappa shape index (κ2) is 3.59. The summed E-state index contributed by atoms with van der Waals surface area (Å²) < 4.78 is 3.51. The number of aromatic nitrogens is 5. The van der Waals surface area contributed by atoms with Crippen LogP contribution in [0.25, 0.3) is 0 Å². The van der Waals surface area contributed by atoms with E-state index in [1.807, 2.05) is 19.3 Å². The highest BCUT2D eigenvalue weighted by molar-refractivity contribution is 5.00. The molecule has 2 aromatic rings. The quantitative estimate of drug-likeness (QED) is 0.712. The molecular formula is C8H12N6. The molecule has 0 amide bonds. The minimum absolute atomic E-state index is 0.396. The molecule has 0 aliphatic rings. The van der Waals surface area contributed by atoms with E-state index in [2.05, 4.69) is 15.2 Å². The summed E-state index contributed by atoms with van der Waals surface area (Å²) in [7, 11) is 1.88. The van der Waals surface area contributed by atoms with E-state index in [9.17, 15) is 0 Å². The first kappa shape index (κ1) is 8.89. The molecule has 0 saturated heterocycles. The highest BCUT2D eigenvalue weighted by atomic mass is 15.3. The third-order valence-electron chi connectivity index (χ3n) is 1.96. The van der Waals surface area contributed by atoms with Crippen LogP contribution in [-0.4, -0.2) is 24.5 Å². The predicted octanol–water partition coefficient (Wildman–Crippen LogP) is -0.481. The lowest BCUT2D eigenvalue weighted by Crippen LogP contribution is -2.11. The van der Waals surface area contributed by atoms with Crippen molar-refractivity contribution in [2.24, 2.45) is 12.8 Å². The zero-order valence-corrected chi connectivity index (χ0v) is 7.96. The molecule has 0 radical (unpaired) electrons. The molecule has 0 atom stereocenters. The van der Waals surface area contributed by atoms with Gasteiger partial charge in [0, 0.05) is 13.2 Å². The number of nitrogens with two attached hydrogens (primary N) is 1. The Labute approximate surface area is 81.4 Å². The number of hydrogen-bond donors (Lipinski definition) is 1. The van der Waals surface area contributed by atoms with Gasteiger partial charge in [-0.2, -0.15) is 10.2 Å². The summed E-state index contributed by atoms with van der Waals surface area (Å²) in [5.41, 5.74) is 6.46. The maximum Gasteiger partial charge on any atom is 0.141 e. The van der Waals surface area contributed by atoms with Crippen LogP contribution >= 0.6 is 0 Å². The van der Waals surface area contributed by atoms with Crippen molar-refractivity contribution in [2.45, 2.75) is 13.1 Å². The summed E-state index contributed by atoms with van der Waals surface area (Å²) in [6, 6.07) is 1.95. The molecule has 0 saturated carbocycles. The Morgan fingerprint density at radius 2 is 2.36 bits per heavy atom. The first-order valence-electron chi connectivity index (χ1n) is 4.35. The number of aryl methyl sites for hydroxylation is 1. The zero-order valence-electron chi connectivity index (χ0n) is 7.96. The van der Waals surface area contributed by atoms with Gasteiger partial charge in [-0.05, 0) is 6.07 Å². The molecule has 14 heavy (non-hydrogen) atoms. The Balaban J connectivity index is 2.18. The first-order chi connectivity index (χ1) is 6.79. The van der Waals surface area contributed by atoms with E-state index < -0.39 is 0 Å². The normalized spacial score (nSPS) is 10.7. The van der Waals surface area contributed by atoms with E-state index in [1.54, 1.807) is 9.36 Å². The number of hydrogen-bond acceptors (Lipinski definition) is 4. The Morgan fingerprint density at radius 3 is 3.00 bits per heavy atom. The Hall–Kier alpha value is -1.69. The summed E-state index contributed by atoms with van der Waals surface area (Å²) >= 11 is 0. The summed E-state index contributed by atoms with van der Waals surface area (Å²) in [6.07, 6.45) is 3.40. The van der Waals surface area contributed by atoms with Crippen LogP contribution in [0.5, 0.6) is 0 Å². The molecule has 2 heterocycles. The Bertz CT molecular complexity index is 415. The van der Waals surface area contributed by atoms with E-state index in [1.165, 1.54) is 6.33 Å². The van der Waals surface area contributed by atoms with E-state index in [0.717, 1.165) is 11.5 Å². The molecule has 2 rings (SSSR count). The summed E-state index contributed by atoms with van der Waals surface area (Å²) in [5.74, 6) is 0.774. The van der Waals surface area contributed by atoms with Crippen LogP contribution in [0, 0.1) is 0 Å². The summed E-state index contributed by atoms with van der Waals surface area (Å²) in [5, 5.41) is 8.32. The Kier molecular flexibility index (Phi) is 2.28. The van der Waals surface area contributed by atoms with Gasteiger partial charge in [-0.3, -0.25) is 4.68 Å². The van der Waals surface area contributed by atoms with Crippen molar-refractivity contribution in [3.05, 3.63) is 30.1 Å². The van der Waals surface area contributed by atoms with Gasteiger partial charge in [0.05, 0.1) is 18.8 Å². The maximum atomic E-state index is 5.50. The maximum absolute atomic E-state index is 5.50. The van der Waals surface area contributed by atoms with Crippen molar-refractivity contribution >= 4 is 0 Å². The first-order valence-corrected chi connectivity index (χ1v) is 4.35. The van der Waals surface area contributed by atoms with Crippen molar-refractivity contribution in [1.82, 2.24) is 24.5 Å². The number of rotatable bonds is 3. The number of nitrogens with zero attached hydrogens (tertiary/aromatic N) is 5. The van der Waals surface area contributed by atoms with Gasteiger partial charge in [-0.1, -0.05) is 0 Å². The standard InChI is InChI=1S/C8H12N6/c1-13-3-2-7(12-13)5-14-8(4-9)10-6-11-14/h2-3,6H,4-5,9H2,1H3. The van der Waals surface area contributed by atoms with Gasteiger partial charge in [0.15, 0.2) is 0 Å². The van der Waals surface area contributed by atoms with Gasteiger partial charge in [0.25, 0.3) is 0 Å². The molecule has 0 aromatic carbocycles. The molecule has 0 spiro atoms. The molecule has 74 valence electrons.